The summed E-state index contributed by atoms with van der Waals surface area (Å²) in [4.78, 5) is 26.1. The number of carbonyl (C=O) groups is 2. The van der Waals surface area contributed by atoms with Gasteiger partial charge in [-0.15, -0.1) is 0 Å². The van der Waals surface area contributed by atoms with E-state index >= 15 is 0 Å². The van der Waals surface area contributed by atoms with Crippen LogP contribution in [0.2, 0.25) is 0 Å². The van der Waals surface area contributed by atoms with Crippen LogP contribution in [0.5, 0.6) is 0 Å². The van der Waals surface area contributed by atoms with Gasteiger partial charge in [0.2, 0.25) is 0 Å². The Balaban J connectivity index is 1.86. The average Bonchev–Trinajstić information content (AvgIpc) is 3.00. The minimum absolute atomic E-state index is 0.229. The summed E-state index contributed by atoms with van der Waals surface area (Å²) < 4.78 is 6.48. The molecule has 1 fully saturated rings. The molecule has 1 atom stereocenters. The zero-order chi connectivity index (χ0) is 15.9. The number of imide groups is 1. The van der Waals surface area contributed by atoms with Crippen LogP contribution in [0, 0.1) is 6.92 Å². The minimum Gasteiger partial charge on any atom is -0.463 e. The number of urea groups is 1. The highest BCUT2D eigenvalue weighted by atomic mass is 79.9. The Morgan fingerprint density at radius 3 is 2.45 bits per heavy atom. The van der Waals surface area contributed by atoms with Gasteiger partial charge in [0, 0.05) is 4.47 Å². The molecule has 1 unspecified atom stereocenters. The molecule has 3 amide bonds. The average molecular weight is 363 g/mol. The van der Waals surface area contributed by atoms with Crippen LogP contribution in [0.15, 0.2) is 45.3 Å². The normalized spacial score (nSPS) is 21.3. The van der Waals surface area contributed by atoms with E-state index in [4.69, 9.17) is 4.42 Å². The number of rotatable bonds is 3. The Morgan fingerprint density at radius 2 is 1.86 bits per heavy atom. The summed E-state index contributed by atoms with van der Waals surface area (Å²) in [5, 5.41) is 2.73. The van der Waals surface area contributed by atoms with Crippen molar-refractivity contribution in [3.05, 3.63) is 58.0 Å². The van der Waals surface area contributed by atoms with Crippen LogP contribution < -0.4 is 5.32 Å². The molecule has 0 saturated carbocycles. The smallest absolute Gasteiger partial charge is 0.325 e. The van der Waals surface area contributed by atoms with E-state index in [2.05, 4.69) is 21.2 Å². The van der Waals surface area contributed by atoms with Crippen molar-refractivity contribution >= 4 is 27.9 Å². The van der Waals surface area contributed by atoms with Gasteiger partial charge >= 0.3 is 6.03 Å². The summed E-state index contributed by atoms with van der Waals surface area (Å²) in [7, 11) is 0. The number of nitrogens with zero attached hydrogens (tertiary/aromatic N) is 1. The van der Waals surface area contributed by atoms with Gasteiger partial charge in [0.05, 0.1) is 6.54 Å². The monoisotopic (exact) mass is 362 g/mol. The largest absolute Gasteiger partial charge is 0.463 e. The number of nitrogens with one attached hydrogen (secondary N) is 1. The van der Waals surface area contributed by atoms with Crippen LogP contribution in [0.1, 0.15) is 24.0 Å². The lowest BCUT2D eigenvalue weighted by Crippen LogP contribution is -2.40. The summed E-state index contributed by atoms with van der Waals surface area (Å²) in [6, 6.07) is 10.6. The van der Waals surface area contributed by atoms with Gasteiger partial charge in [0.25, 0.3) is 5.91 Å². The summed E-state index contributed by atoms with van der Waals surface area (Å²) in [5.41, 5.74) is -0.271. The van der Waals surface area contributed by atoms with Crippen molar-refractivity contribution in [2.24, 2.45) is 0 Å². The fraction of sp³-hybridized carbons (Fsp3) is 0.250. The van der Waals surface area contributed by atoms with E-state index in [1.165, 1.54) is 4.90 Å². The fourth-order valence-electron chi connectivity index (χ4n) is 2.48. The molecule has 1 aromatic carbocycles. The second-order valence-electron chi connectivity index (χ2n) is 5.48. The van der Waals surface area contributed by atoms with Crippen molar-refractivity contribution in [1.82, 2.24) is 10.2 Å². The van der Waals surface area contributed by atoms with E-state index < -0.39 is 11.6 Å². The predicted molar refractivity (Wildman–Crippen MR) is 84.0 cm³/mol. The highest BCUT2D eigenvalue weighted by molar-refractivity contribution is 9.10. The molecule has 0 spiro atoms. The summed E-state index contributed by atoms with van der Waals surface area (Å²) >= 11 is 3.36. The van der Waals surface area contributed by atoms with Crippen molar-refractivity contribution in [3.63, 3.8) is 0 Å². The second-order valence-corrected chi connectivity index (χ2v) is 6.40. The van der Waals surface area contributed by atoms with Crippen molar-refractivity contribution in [2.45, 2.75) is 25.9 Å². The van der Waals surface area contributed by atoms with Gasteiger partial charge in [-0.05, 0) is 43.7 Å². The Hall–Kier alpha value is -2.08. The molecular weight excluding hydrogens is 348 g/mol. The molecule has 22 heavy (non-hydrogen) atoms. The fourth-order valence-corrected chi connectivity index (χ4v) is 2.75. The summed E-state index contributed by atoms with van der Waals surface area (Å²) in [6.45, 7) is 3.69. The number of aryl methyl sites for hydroxylation is 1. The van der Waals surface area contributed by atoms with Crippen LogP contribution in [0.3, 0.4) is 0 Å². The van der Waals surface area contributed by atoms with Crippen LogP contribution in [-0.2, 0) is 16.9 Å². The maximum Gasteiger partial charge on any atom is 0.325 e. The Bertz CT molecular complexity index is 738. The maximum absolute atomic E-state index is 12.7. The number of furan rings is 1. The van der Waals surface area contributed by atoms with Crippen LogP contribution in [-0.4, -0.2) is 16.8 Å². The van der Waals surface area contributed by atoms with Gasteiger partial charge in [-0.1, -0.05) is 28.1 Å². The molecule has 5 nitrogen and oxygen atoms in total. The lowest BCUT2D eigenvalue weighted by atomic mass is 9.99. The van der Waals surface area contributed by atoms with E-state index in [-0.39, 0.29) is 12.5 Å². The number of benzene rings is 1. The predicted octanol–water partition coefficient (Wildman–Crippen LogP) is 3.32. The molecular formula is C16H15BrN2O3. The highest BCUT2D eigenvalue weighted by Crippen LogP contribution is 2.31. The van der Waals surface area contributed by atoms with Gasteiger partial charge in [-0.25, -0.2) is 4.79 Å². The molecule has 0 aliphatic carbocycles. The van der Waals surface area contributed by atoms with Gasteiger partial charge in [-0.2, -0.15) is 0 Å². The number of amides is 3. The van der Waals surface area contributed by atoms with Gasteiger partial charge in [0.15, 0.2) is 5.54 Å². The molecule has 2 aromatic rings. The highest BCUT2D eigenvalue weighted by Gasteiger charge is 2.50. The van der Waals surface area contributed by atoms with Crippen LogP contribution >= 0.6 is 15.9 Å². The second kappa shape index (κ2) is 5.28. The van der Waals surface area contributed by atoms with E-state index in [0.29, 0.717) is 11.5 Å². The molecule has 1 N–H and O–H groups in total. The maximum atomic E-state index is 12.7. The SMILES string of the molecule is Cc1ccc(C2(C)NC(=O)N(Cc3ccc(Br)cc3)C2=O)o1. The number of halogens is 1. The molecule has 1 aliphatic heterocycles. The van der Waals surface area contributed by atoms with Crippen molar-refractivity contribution in [2.75, 3.05) is 0 Å². The van der Waals surface area contributed by atoms with Crippen LogP contribution in [0.4, 0.5) is 4.79 Å². The molecule has 1 aromatic heterocycles. The number of hydrogen-bond donors (Lipinski definition) is 1. The molecule has 114 valence electrons. The van der Waals surface area contributed by atoms with E-state index in [0.717, 1.165) is 10.0 Å². The third-order valence-corrected chi connectivity index (χ3v) is 4.29. The molecule has 1 saturated heterocycles. The zero-order valence-electron chi connectivity index (χ0n) is 12.2. The number of carbonyl (C=O) groups excluding carboxylic acids is 2. The van der Waals surface area contributed by atoms with Crippen LogP contribution in [0.25, 0.3) is 0 Å². The van der Waals surface area contributed by atoms with E-state index in [1.807, 2.05) is 24.3 Å². The first-order chi connectivity index (χ1) is 10.4. The van der Waals surface area contributed by atoms with Crippen molar-refractivity contribution < 1.29 is 14.0 Å². The van der Waals surface area contributed by atoms with E-state index in [1.54, 1.807) is 26.0 Å². The molecule has 6 heteroatoms. The van der Waals surface area contributed by atoms with Crippen molar-refractivity contribution in [3.8, 4) is 0 Å². The molecule has 0 radical (unpaired) electrons. The lowest BCUT2D eigenvalue weighted by Gasteiger charge is -2.19. The first-order valence-corrected chi connectivity index (χ1v) is 7.65. The molecule has 2 heterocycles. The Kier molecular flexibility index (Phi) is 3.56. The third-order valence-electron chi connectivity index (χ3n) is 3.76. The van der Waals surface area contributed by atoms with Gasteiger partial charge in [0.1, 0.15) is 11.5 Å². The summed E-state index contributed by atoms with van der Waals surface area (Å²) in [5.74, 6) is 0.834. The molecule has 3 rings (SSSR count). The summed E-state index contributed by atoms with van der Waals surface area (Å²) in [6.07, 6.45) is 0. The molecule has 1 aliphatic rings. The lowest BCUT2D eigenvalue weighted by molar-refractivity contribution is -0.132. The minimum atomic E-state index is -1.15. The Labute approximate surface area is 136 Å². The van der Waals surface area contributed by atoms with Gasteiger partial charge in [-0.3, -0.25) is 9.69 Å². The number of hydrogen-bond acceptors (Lipinski definition) is 3. The topological polar surface area (TPSA) is 62.6 Å². The standard InChI is InChI=1S/C16H15BrN2O3/c1-10-3-8-13(22-10)16(2)14(20)19(15(21)18-16)9-11-4-6-12(17)7-5-11/h3-8H,9H2,1-2H3,(H,18,21). The third kappa shape index (κ3) is 2.43. The quantitative estimate of drug-likeness (QED) is 0.851. The zero-order valence-corrected chi connectivity index (χ0v) is 13.8. The first-order valence-electron chi connectivity index (χ1n) is 6.85. The molecule has 0 bridgehead atoms. The van der Waals surface area contributed by atoms with Gasteiger partial charge < -0.3 is 9.73 Å². The Morgan fingerprint density at radius 1 is 1.18 bits per heavy atom. The van der Waals surface area contributed by atoms with E-state index in [9.17, 15) is 9.59 Å². The van der Waals surface area contributed by atoms with Crippen molar-refractivity contribution in [1.29, 1.82) is 0 Å². The first kappa shape index (κ1) is 14.8.